The van der Waals surface area contributed by atoms with Crippen LogP contribution in [-0.4, -0.2) is 40.1 Å². The summed E-state index contributed by atoms with van der Waals surface area (Å²) in [5.41, 5.74) is 8.92. The number of likely N-dealkylation sites (tertiary alicyclic amines) is 1. The molecule has 3 heterocycles. The number of carbonyl (C=O) groups is 1. The van der Waals surface area contributed by atoms with Crippen molar-refractivity contribution < 1.29 is 9.32 Å². The van der Waals surface area contributed by atoms with E-state index in [-0.39, 0.29) is 11.9 Å². The summed E-state index contributed by atoms with van der Waals surface area (Å²) in [5, 5.41) is 5.23. The Kier molecular flexibility index (Phi) is 3.94. The highest BCUT2D eigenvalue weighted by atomic mass is 35.5. The van der Waals surface area contributed by atoms with Crippen LogP contribution in [0.2, 0.25) is 5.02 Å². The summed E-state index contributed by atoms with van der Waals surface area (Å²) >= 11 is 6.09. The summed E-state index contributed by atoms with van der Waals surface area (Å²) in [6.45, 7) is 3.01. The zero-order chi connectivity index (χ0) is 17.6. The van der Waals surface area contributed by atoms with Gasteiger partial charge in [-0.15, -0.1) is 0 Å². The molecule has 0 spiro atoms. The molecule has 1 fully saturated rings. The maximum absolute atomic E-state index is 13.1. The molecule has 3 aromatic rings. The minimum atomic E-state index is -0.0741. The summed E-state index contributed by atoms with van der Waals surface area (Å²) in [6, 6.07) is 9.14. The first kappa shape index (κ1) is 16.1. The summed E-state index contributed by atoms with van der Waals surface area (Å²) in [6.07, 6.45) is 0.809. The molecule has 1 saturated heterocycles. The third-order valence-electron chi connectivity index (χ3n) is 4.48. The van der Waals surface area contributed by atoms with Gasteiger partial charge in [-0.1, -0.05) is 28.9 Å². The lowest BCUT2D eigenvalue weighted by molar-refractivity contribution is 0.0792. The van der Waals surface area contributed by atoms with E-state index in [0.717, 1.165) is 12.0 Å². The van der Waals surface area contributed by atoms with Gasteiger partial charge in [0.25, 0.3) is 11.6 Å². The van der Waals surface area contributed by atoms with Gasteiger partial charge in [0.05, 0.1) is 22.3 Å². The van der Waals surface area contributed by atoms with Crippen LogP contribution >= 0.6 is 11.6 Å². The quantitative estimate of drug-likeness (QED) is 0.762. The van der Waals surface area contributed by atoms with Crippen molar-refractivity contribution in [3.05, 3.63) is 46.6 Å². The average molecular weight is 357 g/mol. The number of rotatable bonds is 2. The number of amides is 1. The lowest BCUT2D eigenvalue weighted by Crippen LogP contribution is -2.32. The summed E-state index contributed by atoms with van der Waals surface area (Å²) in [5.74, 6) is -0.0741. The zero-order valence-electron chi connectivity index (χ0n) is 13.7. The molecule has 25 heavy (non-hydrogen) atoms. The van der Waals surface area contributed by atoms with Crippen molar-refractivity contribution in [3.63, 3.8) is 0 Å². The van der Waals surface area contributed by atoms with Crippen LogP contribution < -0.4 is 5.73 Å². The van der Waals surface area contributed by atoms with Gasteiger partial charge in [0.2, 0.25) is 0 Å². The molecule has 1 atom stereocenters. The van der Waals surface area contributed by atoms with Gasteiger partial charge in [-0.05, 0) is 31.5 Å². The highest BCUT2D eigenvalue weighted by Gasteiger charge is 2.28. The Hall–Kier alpha value is -2.44. The molecular formula is C18H17ClN4O2. The van der Waals surface area contributed by atoms with E-state index in [1.165, 1.54) is 0 Å². The third-order valence-corrected chi connectivity index (χ3v) is 4.71. The Labute approximate surface area is 149 Å². The molecule has 128 valence electrons. The number of carbonyl (C=O) groups excluding carboxylic acids is 1. The van der Waals surface area contributed by atoms with Crippen LogP contribution in [0.25, 0.3) is 22.4 Å². The molecule has 0 aliphatic carbocycles. The van der Waals surface area contributed by atoms with E-state index in [2.05, 4.69) is 10.1 Å². The van der Waals surface area contributed by atoms with Crippen molar-refractivity contribution in [1.82, 2.24) is 15.0 Å². The van der Waals surface area contributed by atoms with Gasteiger partial charge in [-0.2, -0.15) is 0 Å². The molecule has 2 N–H and O–H groups in total. The maximum atomic E-state index is 13.1. The molecule has 1 aliphatic heterocycles. The molecule has 7 heteroatoms. The van der Waals surface area contributed by atoms with Gasteiger partial charge in [-0.3, -0.25) is 4.79 Å². The normalized spacial score (nSPS) is 17.4. The van der Waals surface area contributed by atoms with Crippen molar-refractivity contribution >= 4 is 28.6 Å². The van der Waals surface area contributed by atoms with E-state index in [4.69, 9.17) is 21.9 Å². The predicted octanol–water partition coefficient (Wildman–Crippen LogP) is 3.02. The Balaban J connectivity index is 1.86. The first-order valence-electron chi connectivity index (χ1n) is 8.11. The van der Waals surface area contributed by atoms with Crippen molar-refractivity contribution in [2.75, 3.05) is 13.1 Å². The summed E-state index contributed by atoms with van der Waals surface area (Å²) in [4.78, 5) is 19.3. The molecule has 1 aromatic carbocycles. The molecule has 0 radical (unpaired) electrons. The second-order valence-electron chi connectivity index (χ2n) is 6.31. The largest absolute Gasteiger partial charge is 0.337 e. The lowest BCUT2D eigenvalue weighted by atomic mass is 10.0. The summed E-state index contributed by atoms with van der Waals surface area (Å²) < 4.78 is 5.33. The number of hydrogen-bond acceptors (Lipinski definition) is 5. The number of hydrogen-bond donors (Lipinski definition) is 1. The predicted molar refractivity (Wildman–Crippen MR) is 95.5 cm³/mol. The van der Waals surface area contributed by atoms with Crippen molar-refractivity contribution in [2.45, 2.75) is 19.4 Å². The third kappa shape index (κ3) is 2.88. The van der Waals surface area contributed by atoms with Crippen molar-refractivity contribution in [3.8, 4) is 11.3 Å². The maximum Gasteiger partial charge on any atom is 0.259 e. The number of aryl methyl sites for hydroxylation is 1. The van der Waals surface area contributed by atoms with Crippen LogP contribution in [0.3, 0.4) is 0 Å². The topological polar surface area (TPSA) is 85.2 Å². The Morgan fingerprint density at radius 3 is 2.96 bits per heavy atom. The van der Waals surface area contributed by atoms with Gasteiger partial charge >= 0.3 is 0 Å². The van der Waals surface area contributed by atoms with E-state index >= 15 is 0 Å². The van der Waals surface area contributed by atoms with Crippen LogP contribution in [0, 0.1) is 6.92 Å². The second-order valence-corrected chi connectivity index (χ2v) is 6.75. The van der Waals surface area contributed by atoms with Crippen LogP contribution in [0.4, 0.5) is 0 Å². The van der Waals surface area contributed by atoms with Crippen molar-refractivity contribution in [2.24, 2.45) is 5.73 Å². The molecule has 1 amide bonds. The minimum Gasteiger partial charge on any atom is -0.337 e. The fraction of sp³-hybridized carbons (Fsp3) is 0.278. The molecule has 1 aliphatic rings. The van der Waals surface area contributed by atoms with Crippen molar-refractivity contribution in [1.29, 1.82) is 0 Å². The number of nitrogens with two attached hydrogens (primary N) is 1. The highest BCUT2D eigenvalue weighted by molar-refractivity contribution is 6.30. The first-order chi connectivity index (χ1) is 12.0. The van der Waals surface area contributed by atoms with Crippen LogP contribution in [0.1, 0.15) is 22.5 Å². The molecule has 0 unspecified atom stereocenters. The van der Waals surface area contributed by atoms with Crippen LogP contribution in [0.15, 0.2) is 34.9 Å². The Morgan fingerprint density at radius 2 is 2.24 bits per heavy atom. The van der Waals surface area contributed by atoms with Gasteiger partial charge in [0.15, 0.2) is 0 Å². The summed E-state index contributed by atoms with van der Waals surface area (Å²) in [7, 11) is 0. The minimum absolute atomic E-state index is 0.0252. The molecule has 2 aromatic heterocycles. The molecular weight excluding hydrogens is 340 g/mol. The highest BCUT2D eigenvalue weighted by Crippen LogP contribution is 2.29. The molecule has 0 saturated carbocycles. The zero-order valence-corrected chi connectivity index (χ0v) is 14.5. The first-order valence-corrected chi connectivity index (χ1v) is 8.48. The van der Waals surface area contributed by atoms with E-state index in [1.54, 1.807) is 30.0 Å². The van der Waals surface area contributed by atoms with E-state index in [9.17, 15) is 4.79 Å². The second kappa shape index (κ2) is 6.13. The fourth-order valence-electron chi connectivity index (χ4n) is 3.20. The van der Waals surface area contributed by atoms with Gasteiger partial charge in [0, 0.05) is 29.7 Å². The molecule has 0 bridgehead atoms. The molecule has 4 rings (SSSR count). The van der Waals surface area contributed by atoms with E-state index in [1.807, 2.05) is 12.1 Å². The Bertz CT molecular complexity index is 969. The van der Waals surface area contributed by atoms with Gasteiger partial charge in [-0.25, -0.2) is 4.98 Å². The number of benzene rings is 1. The van der Waals surface area contributed by atoms with E-state index < -0.39 is 0 Å². The average Bonchev–Trinajstić information content (AvgIpc) is 3.20. The standard InChI is InChI=1S/C18H17ClN4O2/c1-10-16-14(18(24)23-6-5-13(20)9-23)8-15(21-17(16)25-22-10)11-3-2-4-12(19)7-11/h2-4,7-8,13H,5-6,9,20H2,1H3/t13-/m1/s1. The lowest BCUT2D eigenvalue weighted by Gasteiger charge is -2.17. The molecule has 6 nitrogen and oxygen atoms in total. The van der Waals surface area contributed by atoms with Gasteiger partial charge in [0.1, 0.15) is 0 Å². The van der Waals surface area contributed by atoms with Crippen LogP contribution in [0.5, 0.6) is 0 Å². The van der Waals surface area contributed by atoms with E-state index in [0.29, 0.717) is 46.2 Å². The van der Waals surface area contributed by atoms with Gasteiger partial charge < -0.3 is 15.2 Å². The number of halogens is 1. The number of aromatic nitrogens is 2. The smallest absolute Gasteiger partial charge is 0.259 e. The monoisotopic (exact) mass is 356 g/mol. The van der Waals surface area contributed by atoms with Crippen LogP contribution in [-0.2, 0) is 0 Å². The number of pyridine rings is 1. The number of fused-ring (bicyclic) bond motifs is 1. The fourth-order valence-corrected chi connectivity index (χ4v) is 3.39. The SMILES string of the molecule is Cc1noc2nc(-c3cccc(Cl)c3)cc(C(=O)N3CC[C@@H](N)C3)c12. The number of nitrogens with zero attached hydrogens (tertiary/aromatic N) is 3. The Morgan fingerprint density at radius 1 is 1.40 bits per heavy atom.